The fourth-order valence-corrected chi connectivity index (χ4v) is 3.77. The summed E-state index contributed by atoms with van der Waals surface area (Å²) in [5.74, 6) is 1.64. The normalized spacial score (nSPS) is 10.9. The molecule has 0 bridgehead atoms. The van der Waals surface area contributed by atoms with Crippen LogP contribution in [0.5, 0.6) is 17.2 Å². The molecule has 4 rings (SSSR count). The van der Waals surface area contributed by atoms with Crippen molar-refractivity contribution in [2.45, 2.75) is 6.92 Å². The van der Waals surface area contributed by atoms with Crippen molar-refractivity contribution in [3.63, 3.8) is 0 Å². The smallest absolute Gasteiger partial charge is 0.248 e. The van der Waals surface area contributed by atoms with Gasteiger partial charge in [0.25, 0.3) is 0 Å². The van der Waals surface area contributed by atoms with Gasteiger partial charge in [-0.1, -0.05) is 24.3 Å². The van der Waals surface area contributed by atoms with Crippen LogP contribution in [0.15, 0.2) is 85.1 Å². The van der Waals surface area contributed by atoms with E-state index in [-0.39, 0.29) is 5.91 Å². The number of nitriles is 1. The lowest BCUT2D eigenvalue weighted by atomic mass is 10.1. The number of anilines is 3. The molecular weight excluding hydrogens is 478 g/mol. The number of nitrogens with zero attached hydrogens (tertiary/aromatic N) is 3. The number of hydrogen-bond donors (Lipinski definition) is 2. The van der Waals surface area contributed by atoms with Crippen molar-refractivity contribution in [3.05, 3.63) is 90.6 Å². The number of aromatic nitrogens is 1. The van der Waals surface area contributed by atoms with Crippen LogP contribution in [0.1, 0.15) is 12.5 Å². The van der Waals surface area contributed by atoms with Crippen LogP contribution in [0.3, 0.4) is 0 Å². The number of pyridine rings is 1. The quantitative estimate of drug-likeness (QED) is 0.250. The molecule has 0 fully saturated rings. The minimum Gasteiger partial charge on any atom is -0.492 e. The summed E-state index contributed by atoms with van der Waals surface area (Å²) in [6.45, 7) is 2.93. The SMILES string of the molecule is CCOc1ccc2c(Nc3ccc(Oc4ccccc4)cc3)c(C#N)cnc2c1NC(=O)/C=C/CN(C)C. The van der Waals surface area contributed by atoms with E-state index in [9.17, 15) is 10.1 Å². The number of carbonyl (C=O) groups excluding carboxylic acids is 1. The third-order valence-corrected chi connectivity index (χ3v) is 5.51. The number of carbonyl (C=O) groups is 1. The van der Waals surface area contributed by atoms with Gasteiger partial charge in [0.15, 0.2) is 0 Å². The Kier molecular flexibility index (Phi) is 8.54. The van der Waals surface area contributed by atoms with Crippen LogP contribution < -0.4 is 20.1 Å². The summed E-state index contributed by atoms with van der Waals surface area (Å²) in [6.07, 6.45) is 4.75. The van der Waals surface area contributed by atoms with E-state index in [1.54, 1.807) is 12.1 Å². The molecular formula is C30H29N5O3. The zero-order chi connectivity index (χ0) is 26.9. The summed E-state index contributed by atoms with van der Waals surface area (Å²) in [5.41, 5.74) is 2.67. The van der Waals surface area contributed by atoms with Gasteiger partial charge < -0.3 is 25.0 Å². The van der Waals surface area contributed by atoms with Crippen LogP contribution in [0.4, 0.5) is 17.1 Å². The molecule has 0 saturated carbocycles. The van der Waals surface area contributed by atoms with E-state index in [4.69, 9.17) is 9.47 Å². The number of fused-ring (bicyclic) bond motifs is 1. The zero-order valence-electron chi connectivity index (χ0n) is 21.6. The standard InChI is InChI=1S/C30H29N5O3/c1-4-37-26-17-16-25-28(33-22-12-14-24(15-13-22)38-23-9-6-5-7-10-23)21(19-31)20-32-29(25)30(26)34-27(36)11-8-18-35(2)3/h5-17,20H,4,18H2,1-3H3,(H,32,33)(H,34,36)/b11-8+. The fourth-order valence-electron chi connectivity index (χ4n) is 3.77. The Labute approximate surface area is 222 Å². The first kappa shape index (κ1) is 26.2. The Balaban J connectivity index is 1.67. The molecule has 192 valence electrons. The number of amides is 1. The number of rotatable bonds is 10. The van der Waals surface area contributed by atoms with Crippen LogP contribution in [0.25, 0.3) is 10.9 Å². The molecule has 38 heavy (non-hydrogen) atoms. The Hall–Kier alpha value is -4.87. The monoisotopic (exact) mass is 507 g/mol. The van der Waals surface area contributed by atoms with Crippen molar-refractivity contribution < 1.29 is 14.3 Å². The van der Waals surface area contributed by atoms with E-state index >= 15 is 0 Å². The molecule has 1 heterocycles. The van der Waals surface area contributed by atoms with E-state index in [0.717, 1.165) is 11.4 Å². The maximum absolute atomic E-state index is 12.7. The van der Waals surface area contributed by atoms with E-state index in [0.29, 0.717) is 52.5 Å². The van der Waals surface area contributed by atoms with Crippen LogP contribution in [-0.4, -0.2) is 43.0 Å². The Morgan fingerprint density at radius 1 is 1.03 bits per heavy atom. The number of likely N-dealkylation sites (N-methyl/N-ethyl adjacent to an activating group) is 1. The van der Waals surface area contributed by atoms with Gasteiger partial charge in [0, 0.05) is 29.9 Å². The molecule has 0 spiro atoms. The highest BCUT2D eigenvalue weighted by molar-refractivity contribution is 6.10. The van der Waals surface area contributed by atoms with Gasteiger partial charge in [-0.25, -0.2) is 0 Å². The summed E-state index contributed by atoms with van der Waals surface area (Å²) >= 11 is 0. The summed E-state index contributed by atoms with van der Waals surface area (Å²) in [4.78, 5) is 19.1. The first-order valence-corrected chi connectivity index (χ1v) is 12.2. The maximum Gasteiger partial charge on any atom is 0.248 e. The minimum absolute atomic E-state index is 0.296. The van der Waals surface area contributed by atoms with Crippen LogP contribution in [0.2, 0.25) is 0 Å². The first-order chi connectivity index (χ1) is 18.5. The molecule has 0 atom stereocenters. The highest BCUT2D eigenvalue weighted by Gasteiger charge is 2.17. The third-order valence-electron chi connectivity index (χ3n) is 5.51. The molecule has 0 unspecified atom stereocenters. The fraction of sp³-hybridized carbons (Fsp3) is 0.167. The topological polar surface area (TPSA) is 99.5 Å². The van der Waals surface area contributed by atoms with Gasteiger partial charge >= 0.3 is 0 Å². The average Bonchev–Trinajstić information content (AvgIpc) is 2.91. The molecule has 3 aromatic carbocycles. The summed E-state index contributed by atoms with van der Waals surface area (Å²) < 4.78 is 11.7. The molecule has 8 heteroatoms. The maximum atomic E-state index is 12.7. The van der Waals surface area contributed by atoms with Gasteiger partial charge in [0.1, 0.15) is 29.0 Å². The lowest BCUT2D eigenvalue weighted by Crippen LogP contribution is -2.14. The van der Waals surface area contributed by atoms with Crippen molar-refractivity contribution in [1.82, 2.24) is 9.88 Å². The van der Waals surface area contributed by atoms with Crippen molar-refractivity contribution in [2.24, 2.45) is 0 Å². The molecule has 0 saturated heterocycles. The van der Waals surface area contributed by atoms with Crippen molar-refractivity contribution in [2.75, 3.05) is 37.9 Å². The lowest BCUT2D eigenvalue weighted by Gasteiger charge is -2.17. The second kappa shape index (κ2) is 12.4. The molecule has 0 radical (unpaired) electrons. The minimum atomic E-state index is -0.296. The van der Waals surface area contributed by atoms with E-state index in [1.807, 2.05) is 86.6 Å². The summed E-state index contributed by atoms with van der Waals surface area (Å²) in [7, 11) is 3.85. The molecule has 0 aliphatic rings. The second-order valence-electron chi connectivity index (χ2n) is 8.64. The largest absolute Gasteiger partial charge is 0.492 e. The van der Waals surface area contributed by atoms with Gasteiger partial charge in [-0.2, -0.15) is 5.26 Å². The first-order valence-electron chi connectivity index (χ1n) is 12.2. The van der Waals surface area contributed by atoms with Crippen LogP contribution in [-0.2, 0) is 4.79 Å². The summed E-state index contributed by atoms with van der Waals surface area (Å²) in [6, 6.07) is 22.8. The third kappa shape index (κ3) is 6.46. The highest BCUT2D eigenvalue weighted by atomic mass is 16.5. The Morgan fingerprint density at radius 3 is 2.45 bits per heavy atom. The van der Waals surface area contributed by atoms with Gasteiger partial charge in [-0.05, 0) is 69.6 Å². The molecule has 8 nitrogen and oxygen atoms in total. The predicted molar refractivity (Wildman–Crippen MR) is 150 cm³/mol. The Bertz CT molecular complexity index is 1480. The molecule has 1 amide bonds. The van der Waals surface area contributed by atoms with Gasteiger partial charge in [-0.3, -0.25) is 9.78 Å². The van der Waals surface area contributed by atoms with Crippen molar-refractivity contribution in [3.8, 4) is 23.3 Å². The van der Waals surface area contributed by atoms with E-state index in [2.05, 4.69) is 21.7 Å². The number of para-hydroxylation sites is 1. The van der Waals surface area contributed by atoms with Crippen molar-refractivity contribution >= 4 is 33.9 Å². The lowest BCUT2D eigenvalue weighted by molar-refractivity contribution is -0.111. The molecule has 4 aromatic rings. The summed E-state index contributed by atoms with van der Waals surface area (Å²) in [5, 5.41) is 16.7. The van der Waals surface area contributed by atoms with E-state index in [1.165, 1.54) is 12.3 Å². The number of nitrogens with one attached hydrogen (secondary N) is 2. The number of ether oxygens (including phenoxy) is 2. The highest BCUT2D eigenvalue weighted by Crippen LogP contribution is 2.38. The van der Waals surface area contributed by atoms with Gasteiger partial charge in [0.2, 0.25) is 5.91 Å². The van der Waals surface area contributed by atoms with E-state index < -0.39 is 0 Å². The second-order valence-corrected chi connectivity index (χ2v) is 8.64. The van der Waals surface area contributed by atoms with Gasteiger partial charge in [-0.15, -0.1) is 0 Å². The zero-order valence-corrected chi connectivity index (χ0v) is 21.6. The van der Waals surface area contributed by atoms with Crippen LogP contribution >= 0.6 is 0 Å². The average molecular weight is 508 g/mol. The molecule has 0 aliphatic heterocycles. The number of benzene rings is 3. The number of hydrogen-bond acceptors (Lipinski definition) is 7. The van der Waals surface area contributed by atoms with Gasteiger partial charge in [0.05, 0.1) is 23.4 Å². The molecule has 1 aromatic heterocycles. The van der Waals surface area contributed by atoms with Crippen LogP contribution in [0, 0.1) is 11.3 Å². The van der Waals surface area contributed by atoms with Crippen molar-refractivity contribution in [1.29, 1.82) is 5.26 Å². The molecule has 0 aliphatic carbocycles. The Morgan fingerprint density at radius 2 is 1.76 bits per heavy atom. The predicted octanol–water partition coefficient (Wildman–Crippen LogP) is 6.10. The molecule has 2 N–H and O–H groups in total.